The standard InChI is InChI=1S/C23H20N6O4S/c1-27(22-18-9-2-3-10-19(18)34(32,33)26-22)15-21(30)24-17-8-6-7-16(13-17)14-29-23(31)28-12-5-4-11-20(28)25-29/h2-13H,14-15H2,1H3,(H,24,30). The van der Waals surface area contributed by atoms with E-state index in [1.807, 2.05) is 12.1 Å². The Labute approximate surface area is 194 Å². The van der Waals surface area contributed by atoms with Gasteiger partial charge in [0.15, 0.2) is 11.5 Å². The van der Waals surface area contributed by atoms with Crippen molar-refractivity contribution in [3.8, 4) is 0 Å². The van der Waals surface area contributed by atoms with Crippen molar-refractivity contribution in [3.63, 3.8) is 0 Å². The molecule has 5 rings (SSSR count). The number of amidine groups is 1. The van der Waals surface area contributed by atoms with Crippen LogP contribution in [-0.4, -0.2) is 52.8 Å². The van der Waals surface area contributed by atoms with Gasteiger partial charge in [0.1, 0.15) is 4.90 Å². The van der Waals surface area contributed by atoms with Crippen molar-refractivity contribution in [1.29, 1.82) is 0 Å². The number of nitrogens with zero attached hydrogens (tertiary/aromatic N) is 5. The molecule has 2 aromatic carbocycles. The fourth-order valence-corrected chi connectivity index (χ4v) is 5.10. The van der Waals surface area contributed by atoms with Gasteiger partial charge in [0.05, 0.1) is 13.1 Å². The van der Waals surface area contributed by atoms with Gasteiger partial charge in [0, 0.05) is 24.5 Å². The second kappa shape index (κ2) is 8.27. The molecule has 0 spiro atoms. The predicted molar refractivity (Wildman–Crippen MR) is 126 cm³/mol. The van der Waals surface area contributed by atoms with E-state index in [2.05, 4.69) is 14.8 Å². The molecule has 1 aliphatic rings. The highest BCUT2D eigenvalue weighted by Crippen LogP contribution is 2.26. The van der Waals surface area contributed by atoms with E-state index in [9.17, 15) is 18.0 Å². The Morgan fingerprint density at radius 2 is 1.85 bits per heavy atom. The van der Waals surface area contributed by atoms with Gasteiger partial charge in [-0.25, -0.2) is 9.48 Å². The van der Waals surface area contributed by atoms with E-state index >= 15 is 0 Å². The molecule has 10 nitrogen and oxygen atoms in total. The highest BCUT2D eigenvalue weighted by Gasteiger charge is 2.30. The van der Waals surface area contributed by atoms with Crippen LogP contribution < -0.4 is 11.0 Å². The molecule has 0 saturated carbocycles. The second-order valence-corrected chi connectivity index (χ2v) is 9.43. The van der Waals surface area contributed by atoms with Crippen molar-refractivity contribution >= 4 is 33.1 Å². The summed E-state index contributed by atoms with van der Waals surface area (Å²) >= 11 is 0. The number of nitrogens with one attached hydrogen (secondary N) is 1. The SMILES string of the molecule is CN(CC(=O)Nc1cccc(Cn2nc3ccccn3c2=O)c1)C1=NS(=O)(=O)c2ccccc21. The number of fused-ring (bicyclic) bond motifs is 2. The van der Waals surface area contributed by atoms with E-state index in [1.165, 1.54) is 20.0 Å². The average molecular weight is 477 g/mol. The van der Waals surface area contributed by atoms with E-state index in [-0.39, 0.29) is 35.4 Å². The first-order valence-electron chi connectivity index (χ1n) is 10.4. The molecule has 1 amide bonds. The highest BCUT2D eigenvalue weighted by atomic mass is 32.2. The Morgan fingerprint density at radius 1 is 1.06 bits per heavy atom. The Kier molecular flexibility index (Phi) is 5.25. The molecule has 0 unspecified atom stereocenters. The van der Waals surface area contributed by atoms with Gasteiger partial charge in [0.2, 0.25) is 5.91 Å². The van der Waals surface area contributed by atoms with Crippen molar-refractivity contribution in [2.24, 2.45) is 4.40 Å². The molecule has 0 radical (unpaired) electrons. The fraction of sp³-hybridized carbons (Fsp3) is 0.130. The Balaban J connectivity index is 1.29. The lowest BCUT2D eigenvalue weighted by molar-refractivity contribution is -0.116. The van der Waals surface area contributed by atoms with Crippen LogP contribution in [0.2, 0.25) is 0 Å². The third-order valence-corrected chi connectivity index (χ3v) is 6.71. The van der Waals surface area contributed by atoms with Gasteiger partial charge in [0.25, 0.3) is 10.0 Å². The molecular formula is C23H20N6O4S. The van der Waals surface area contributed by atoms with Crippen molar-refractivity contribution in [3.05, 3.63) is 94.5 Å². The number of amides is 1. The molecule has 172 valence electrons. The van der Waals surface area contributed by atoms with Gasteiger partial charge in [-0.1, -0.05) is 30.3 Å². The lowest BCUT2D eigenvalue weighted by atomic mass is 10.2. The number of anilines is 1. The maximum absolute atomic E-state index is 12.7. The van der Waals surface area contributed by atoms with Crippen molar-refractivity contribution < 1.29 is 13.2 Å². The normalized spacial score (nSPS) is 14.0. The third kappa shape index (κ3) is 3.97. The van der Waals surface area contributed by atoms with Gasteiger partial charge in [-0.05, 0) is 42.0 Å². The van der Waals surface area contributed by atoms with E-state index in [4.69, 9.17) is 0 Å². The number of likely N-dealkylation sites (N-methyl/N-ethyl adjacent to an activating group) is 1. The molecule has 0 atom stereocenters. The number of benzene rings is 2. The van der Waals surface area contributed by atoms with E-state index in [0.717, 1.165) is 5.56 Å². The number of sulfonamides is 1. The number of carbonyl (C=O) groups is 1. The zero-order valence-electron chi connectivity index (χ0n) is 18.1. The minimum absolute atomic E-state index is 0.0984. The lowest BCUT2D eigenvalue weighted by Gasteiger charge is -2.18. The molecule has 3 heterocycles. The first-order valence-corrected chi connectivity index (χ1v) is 11.8. The van der Waals surface area contributed by atoms with E-state index < -0.39 is 10.0 Å². The molecule has 1 N–H and O–H groups in total. The number of pyridine rings is 1. The van der Waals surface area contributed by atoms with Crippen LogP contribution in [0.3, 0.4) is 0 Å². The molecule has 4 aromatic rings. The van der Waals surface area contributed by atoms with Crippen LogP contribution in [0.1, 0.15) is 11.1 Å². The van der Waals surface area contributed by atoms with Gasteiger partial charge < -0.3 is 10.2 Å². The van der Waals surface area contributed by atoms with Gasteiger partial charge in [-0.3, -0.25) is 9.20 Å². The van der Waals surface area contributed by atoms with Crippen LogP contribution in [0.5, 0.6) is 0 Å². The van der Waals surface area contributed by atoms with Crippen LogP contribution in [-0.2, 0) is 21.4 Å². The minimum Gasteiger partial charge on any atom is -0.349 e. The molecule has 0 fully saturated rings. The smallest absolute Gasteiger partial charge is 0.349 e. The van der Waals surface area contributed by atoms with E-state index in [1.54, 1.807) is 61.8 Å². The zero-order valence-corrected chi connectivity index (χ0v) is 18.9. The van der Waals surface area contributed by atoms with Crippen molar-refractivity contribution in [2.75, 3.05) is 18.9 Å². The van der Waals surface area contributed by atoms with Crippen LogP contribution in [0, 0.1) is 0 Å². The molecule has 34 heavy (non-hydrogen) atoms. The summed E-state index contributed by atoms with van der Waals surface area (Å²) in [5.41, 5.74) is 2.11. The first-order chi connectivity index (χ1) is 16.3. The Morgan fingerprint density at radius 3 is 2.68 bits per heavy atom. The maximum Gasteiger partial charge on any atom is 0.350 e. The molecular weight excluding hydrogens is 456 g/mol. The van der Waals surface area contributed by atoms with Crippen molar-refractivity contribution in [1.82, 2.24) is 19.1 Å². The van der Waals surface area contributed by atoms with Crippen molar-refractivity contribution in [2.45, 2.75) is 11.4 Å². The van der Waals surface area contributed by atoms with Crippen LogP contribution >= 0.6 is 0 Å². The predicted octanol–water partition coefficient (Wildman–Crippen LogP) is 1.56. The van der Waals surface area contributed by atoms with Gasteiger partial charge in [-0.2, -0.15) is 8.42 Å². The van der Waals surface area contributed by atoms with Crippen LogP contribution in [0.15, 0.2) is 87.0 Å². The fourth-order valence-electron chi connectivity index (χ4n) is 3.85. The van der Waals surface area contributed by atoms with Gasteiger partial charge >= 0.3 is 5.69 Å². The monoisotopic (exact) mass is 476 g/mol. The highest BCUT2D eigenvalue weighted by molar-refractivity contribution is 7.90. The molecule has 0 bridgehead atoms. The molecule has 0 aliphatic carbocycles. The molecule has 11 heteroatoms. The quantitative estimate of drug-likeness (QED) is 0.467. The zero-order chi connectivity index (χ0) is 23.9. The van der Waals surface area contributed by atoms with Crippen LogP contribution in [0.4, 0.5) is 5.69 Å². The topological polar surface area (TPSA) is 118 Å². The Bertz CT molecular complexity index is 1620. The summed E-state index contributed by atoms with van der Waals surface area (Å²) in [6, 6.07) is 19.0. The number of aromatic nitrogens is 3. The summed E-state index contributed by atoms with van der Waals surface area (Å²) in [6.07, 6.45) is 1.66. The largest absolute Gasteiger partial charge is 0.350 e. The minimum atomic E-state index is -3.76. The van der Waals surface area contributed by atoms with Gasteiger partial charge in [-0.15, -0.1) is 9.50 Å². The summed E-state index contributed by atoms with van der Waals surface area (Å²) in [5, 5.41) is 7.13. The lowest BCUT2D eigenvalue weighted by Crippen LogP contribution is -2.34. The first kappa shape index (κ1) is 21.6. The summed E-state index contributed by atoms with van der Waals surface area (Å²) in [6.45, 7) is 0.147. The summed E-state index contributed by atoms with van der Waals surface area (Å²) in [4.78, 5) is 26.8. The Hall–Kier alpha value is -4.25. The summed E-state index contributed by atoms with van der Waals surface area (Å²) < 4.78 is 31.2. The second-order valence-electron chi connectivity index (χ2n) is 7.86. The summed E-state index contributed by atoms with van der Waals surface area (Å²) in [7, 11) is -2.15. The number of hydrogen-bond donors (Lipinski definition) is 1. The third-order valence-electron chi connectivity index (χ3n) is 5.39. The average Bonchev–Trinajstić information content (AvgIpc) is 3.27. The van der Waals surface area contributed by atoms with Crippen LogP contribution in [0.25, 0.3) is 5.65 Å². The summed E-state index contributed by atoms with van der Waals surface area (Å²) in [5.74, 6) is -0.111. The number of rotatable bonds is 5. The molecule has 0 saturated heterocycles. The maximum atomic E-state index is 12.7. The number of carbonyl (C=O) groups excluding carboxylic acids is 1. The number of hydrogen-bond acceptors (Lipinski definition) is 6. The molecule has 1 aliphatic heterocycles. The van der Waals surface area contributed by atoms with E-state index in [0.29, 0.717) is 16.9 Å². The molecule has 2 aromatic heterocycles.